The minimum atomic E-state index is -4.80. The van der Waals surface area contributed by atoms with Gasteiger partial charge >= 0.3 is 12.2 Å². The van der Waals surface area contributed by atoms with E-state index in [0.29, 0.717) is 48.7 Å². The van der Waals surface area contributed by atoms with Crippen LogP contribution in [0.4, 0.5) is 33.5 Å². The highest BCUT2D eigenvalue weighted by molar-refractivity contribution is 5.55. The van der Waals surface area contributed by atoms with Crippen LogP contribution in [0.2, 0.25) is 0 Å². The van der Waals surface area contributed by atoms with Crippen molar-refractivity contribution >= 4 is 11.5 Å². The summed E-state index contributed by atoms with van der Waals surface area (Å²) < 4.78 is 84.5. The molecule has 234 valence electrons. The van der Waals surface area contributed by atoms with E-state index < -0.39 is 40.9 Å². The van der Waals surface area contributed by atoms with Crippen molar-refractivity contribution in [3.05, 3.63) is 39.8 Å². The van der Waals surface area contributed by atoms with E-state index in [0.717, 1.165) is 51.3 Å². The number of aryl methyl sites for hydroxylation is 1. The lowest BCUT2D eigenvalue weighted by atomic mass is 9.91. The quantitative estimate of drug-likeness (QED) is 0.376. The second-order valence-electron chi connectivity index (χ2n) is 12.9. The molecule has 0 saturated carbocycles. The number of hydrogen-bond acceptors (Lipinski definition) is 8. The number of benzene rings is 1. The Hall–Kier alpha value is -2.77. The predicted molar refractivity (Wildman–Crippen MR) is 149 cm³/mol. The average Bonchev–Trinajstić information content (AvgIpc) is 3.58. The highest BCUT2D eigenvalue weighted by Crippen LogP contribution is 2.45. The molecule has 7 rings (SSSR count). The monoisotopic (exact) mass is 608 g/mol. The Bertz CT molecular complexity index is 1410. The standard InChI is InChI=1S/C30H37F5N6O2/c1-16-9-21(36)26(32)24(25(16)30(33,34)35)23-10-22-20(14-42-23)27(40-8-5-18-3-4-19(13-40)37-18)39-28(38-22)43-15-29-6-2-7-41(29)12-17(31)11-29/h9,17-19,23,37H,2-8,10-15,36H2,1H3/t17-,18?,19?,23-,29+/m1/s1. The third-order valence-electron chi connectivity index (χ3n) is 10.0. The van der Waals surface area contributed by atoms with E-state index in [2.05, 4.69) is 20.1 Å². The summed E-state index contributed by atoms with van der Waals surface area (Å²) in [5.41, 5.74) is 4.29. The molecule has 8 nitrogen and oxygen atoms in total. The largest absolute Gasteiger partial charge is 0.461 e. The van der Waals surface area contributed by atoms with Crippen LogP contribution in [0, 0.1) is 12.7 Å². The minimum absolute atomic E-state index is 0.0839. The van der Waals surface area contributed by atoms with Gasteiger partial charge in [0.1, 0.15) is 18.6 Å². The lowest BCUT2D eigenvalue weighted by Gasteiger charge is -2.34. The molecule has 2 bridgehead atoms. The second kappa shape index (κ2) is 10.7. The van der Waals surface area contributed by atoms with Gasteiger partial charge in [-0.15, -0.1) is 0 Å². The van der Waals surface area contributed by atoms with Gasteiger partial charge in [-0.25, -0.2) is 8.78 Å². The summed E-state index contributed by atoms with van der Waals surface area (Å²) in [6, 6.07) is 1.83. The Kier molecular flexibility index (Phi) is 7.20. The van der Waals surface area contributed by atoms with E-state index in [1.54, 1.807) is 0 Å². The molecule has 13 heteroatoms. The molecule has 5 atom stereocenters. The molecule has 3 N–H and O–H groups in total. The summed E-state index contributed by atoms with van der Waals surface area (Å²) in [5, 5.41) is 3.65. The molecule has 5 aliphatic rings. The molecule has 0 radical (unpaired) electrons. The number of halogens is 5. The van der Waals surface area contributed by atoms with Crippen LogP contribution >= 0.6 is 0 Å². The van der Waals surface area contributed by atoms with Crippen LogP contribution in [0.5, 0.6) is 6.01 Å². The number of nitrogens with one attached hydrogen (secondary N) is 1. The van der Waals surface area contributed by atoms with Gasteiger partial charge in [0.15, 0.2) is 5.82 Å². The molecule has 43 heavy (non-hydrogen) atoms. The van der Waals surface area contributed by atoms with Crippen LogP contribution in [0.25, 0.3) is 0 Å². The van der Waals surface area contributed by atoms with Gasteiger partial charge in [0, 0.05) is 55.7 Å². The average molecular weight is 609 g/mol. The van der Waals surface area contributed by atoms with Gasteiger partial charge in [0.2, 0.25) is 0 Å². The zero-order valence-corrected chi connectivity index (χ0v) is 24.2. The van der Waals surface area contributed by atoms with E-state index in [9.17, 15) is 17.6 Å². The van der Waals surface area contributed by atoms with Crippen molar-refractivity contribution in [3.8, 4) is 6.01 Å². The Labute approximate surface area is 247 Å². The van der Waals surface area contributed by atoms with Crippen molar-refractivity contribution in [1.82, 2.24) is 20.2 Å². The van der Waals surface area contributed by atoms with Gasteiger partial charge in [0.05, 0.1) is 35.2 Å². The van der Waals surface area contributed by atoms with Gasteiger partial charge in [0.25, 0.3) is 0 Å². The van der Waals surface area contributed by atoms with Crippen molar-refractivity contribution in [2.45, 2.75) is 94.6 Å². The molecule has 2 aromatic rings. The molecule has 4 fully saturated rings. The zero-order chi connectivity index (χ0) is 30.1. The van der Waals surface area contributed by atoms with E-state index in [-0.39, 0.29) is 36.9 Å². The fraction of sp³-hybridized carbons (Fsp3) is 0.667. The van der Waals surface area contributed by atoms with Crippen molar-refractivity contribution in [3.63, 3.8) is 0 Å². The minimum Gasteiger partial charge on any atom is -0.461 e. The summed E-state index contributed by atoms with van der Waals surface area (Å²) in [4.78, 5) is 13.8. The van der Waals surface area contributed by atoms with Crippen LogP contribution in [0.15, 0.2) is 6.07 Å². The highest BCUT2D eigenvalue weighted by Gasteiger charge is 2.49. The maximum absolute atomic E-state index is 15.3. The Morgan fingerprint density at radius 1 is 1.16 bits per heavy atom. The van der Waals surface area contributed by atoms with Crippen molar-refractivity contribution in [2.75, 3.05) is 43.4 Å². The first-order valence-corrected chi connectivity index (χ1v) is 15.2. The fourth-order valence-corrected chi connectivity index (χ4v) is 8.05. The normalized spacial score (nSPS) is 30.8. The van der Waals surface area contributed by atoms with Gasteiger partial charge in [-0.1, -0.05) is 0 Å². The van der Waals surface area contributed by atoms with Gasteiger partial charge in [-0.2, -0.15) is 23.1 Å². The summed E-state index contributed by atoms with van der Waals surface area (Å²) in [7, 11) is 0. The Morgan fingerprint density at radius 3 is 2.79 bits per heavy atom. The Balaban J connectivity index is 1.25. The van der Waals surface area contributed by atoms with Gasteiger partial charge < -0.3 is 25.4 Å². The summed E-state index contributed by atoms with van der Waals surface area (Å²) in [5.74, 6) is -0.502. The van der Waals surface area contributed by atoms with Crippen LogP contribution in [0.3, 0.4) is 0 Å². The number of ether oxygens (including phenoxy) is 2. The van der Waals surface area contributed by atoms with Crippen LogP contribution < -0.4 is 20.7 Å². The molecule has 0 aliphatic carbocycles. The van der Waals surface area contributed by atoms with Crippen LogP contribution in [-0.4, -0.2) is 71.4 Å². The summed E-state index contributed by atoms with van der Waals surface area (Å²) in [6.07, 6.45) is -1.82. The topological polar surface area (TPSA) is 88.8 Å². The van der Waals surface area contributed by atoms with E-state index in [1.165, 1.54) is 6.92 Å². The maximum atomic E-state index is 15.3. The van der Waals surface area contributed by atoms with Crippen molar-refractivity contribution in [2.24, 2.45) is 0 Å². The number of fused-ring (bicyclic) bond motifs is 4. The maximum Gasteiger partial charge on any atom is 0.417 e. The number of anilines is 2. The van der Waals surface area contributed by atoms with E-state index in [1.807, 2.05) is 0 Å². The van der Waals surface area contributed by atoms with Crippen LogP contribution in [0.1, 0.15) is 72.6 Å². The third kappa shape index (κ3) is 5.20. The third-order valence-corrected chi connectivity index (χ3v) is 10.0. The SMILES string of the molecule is Cc1cc(N)c(F)c([C@H]2Cc3nc(OC[C@@]45CCCN4C[C@H](F)C5)nc(N4CCC5CCC(C4)N5)c3CO2)c1C(F)(F)F. The molecular formula is C30H37F5N6O2. The smallest absolute Gasteiger partial charge is 0.417 e. The molecule has 4 saturated heterocycles. The summed E-state index contributed by atoms with van der Waals surface area (Å²) >= 11 is 0. The predicted octanol–water partition coefficient (Wildman–Crippen LogP) is 4.63. The molecule has 1 aromatic heterocycles. The molecule has 0 amide bonds. The number of nitrogens with two attached hydrogens (primary N) is 1. The molecule has 5 aliphatic heterocycles. The van der Waals surface area contributed by atoms with E-state index in [4.69, 9.17) is 20.2 Å². The molecule has 2 unspecified atom stereocenters. The van der Waals surface area contributed by atoms with E-state index >= 15 is 4.39 Å². The molecular weight excluding hydrogens is 571 g/mol. The lowest BCUT2D eigenvalue weighted by Crippen LogP contribution is -2.43. The number of rotatable bonds is 5. The first kappa shape index (κ1) is 29.0. The van der Waals surface area contributed by atoms with Crippen molar-refractivity contribution < 1.29 is 31.4 Å². The fourth-order valence-electron chi connectivity index (χ4n) is 8.05. The number of alkyl halides is 4. The highest BCUT2D eigenvalue weighted by atomic mass is 19.4. The van der Waals surface area contributed by atoms with Crippen LogP contribution in [-0.2, 0) is 23.9 Å². The van der Waals surface area contributed by atoms with Gasteiger partial charge in [-0.05, 0) is 57.2 Å². The lowest BCUT2D eigenvalue weighted by molar-refractivity contribution is -0.140. The first-order chi connectivity index (χ1) is 20.5. The molecule has 0 spiro atoms. The van der Waals surface area contributed by atoms with Crippen molar-refractivity contribution in [1.29, 1.82) is 0 Å². The number of hydrogen-bond donors (Lipinski definition) is 2. The number of nitrogen functional groups attached to an aromatic ring is 1. The number of aromatic nitrogens is 2. The Morgan fingerprint density at radius 2 is 1.98 bits per heavy atom. The molecule has 1 aromatic carbocycles. The summed E-state index contributed by atoms with van der Waals surface area (Å²) in [6.45, 7) is 4.06. The van der Waals surface area contributed by atoms with Gasteiger partial charge in [-0.3, -0.25) is 4.90 Å². The number of nitrogens with zero attached hydrogens (tertiary/aromatic N) is 4. The zero-order valence-electron chi connectivity index (χ0n) is 24.2. The first-order valence-electron chi connectivity index (χ1n) is 15.2. The second-order valence-corrected chi connectivity index (χ2v) is 12.9. The molecule has 6 heterocycles.